The monoisotopic (exact) mass is 345 g/mol. The number of benzene rings is 1. The molecule has 1 unspecified atom stereocenters. The minimum Gasteiger partial charge on any atom is -0.444 e. The van der Waals surface area contributed by atoms with Gasteiger partial charge in [-0.15, -0.1) is 0 Å². The van der Waals surface area contributed by atoms with Crippen LogP contribution in [-0.4, -0.2) is 22.7 Å². The number of nitrogens with one attached hydrogen (secondary N) is 2. The van der Waals surface area contributed by atoms with Gasteiger partial charge in [0.1, 0.15) is 5.76 Å². The van der Waals surface area contributed by atoms with E-state index in [1.807, 2.05) is 38.1 Å². The van der Waals surface area contributed by atoms with E-state index in [2.05, 4.69) is 36.4 Å². The van der Waals surface area contributed by atoms with Crippen LogP contribution in [0, 0.1) is 13.8 Å². The molecular formula is C19H27N3O3. The second kappa shape index (κ2) is 7.70. The average Bonchev–Trinajstić information content (AvgIpc) is 2.88. The normalized spacial score (nSPS) is 12.7. The predicted octanol–water partition coefficient (Wildman–Crippen LogP) is 3.12. The first-order chi connectivity index (χ1) is 11.7. The number of aliphatic hydroxyl groups is 1. The van der Waals surface area contributed by atoms with Gasteiger partial charge in [0.2, 0.25) is 5.89 Å². The molecule has 2 amide bonds. The lowest BCUT2D eigenvalue weighted by atomic mass is 9.86. The molecular weight excluding hydrogens is 318 g/mol. The second-order valence-corrected chi connectivity index (χ2v) is 7.20. The van der Waals surface area contributed by atoms with Crippen LogP contribution in [0.3, 0.4) is 0 Å². The van der Waals surface area contributed by atoms with Gasteiger partial charge >= 0.3 is 6.03 Å². The number of hydrogen-bond donors (Lipinski definition) is 3. The molecule has 2 aromatic rings. The molecule has 6 heteroatoms. The van der Waals surface area contributed by atoms with Gasteiger partial charge in [0.15, 0.2) is 0 Å². The van der Waals surface area contributed by atoms with Crippen molar-refractivity contribution in [1.29, 1.82) is 0 Å². The third kappa shape index (κ3) is 5.32. The maximum atomic E-state index is 11.8. The molecule has 1 aromatic carbocycles. The number of carbonyl (C=O) groups is 1. The Kier molecular flexibility index (Phi) is 5.85. The third-order valence-corrected chi connectivity index (χ3v) is 4.09. The standard InChI is InChI=1S/C19H27N3O3/c1-12-13(2)25-17(22-12)11-21-18(24)20-10-16(23)14-6-8-15(9-7-14)19(3,4)5/h6-9,16,23H,10-11H2,1-5H3,(H2,20,21,24). The first kappa shape index (κ1) is 19.0. The molecule has 0 saturated heterocycles. The van der Waals surface area contributed by atoms with E-state index in [1.165, 1.54) is 5.56 Å². The molecule has 0 aliphatic heterocycles. The largest absolute Gasteiger partial charge is 0.444 e. The molecule has 2 rings (SSSR count). The van der Waals surface area contributed by atoms with Crippen molar-refractivity contribution >= 4 is 6.03 Å². The maximum absolute atomic E-state index is 11.8. The number of hydrogen-bond acceptors (Lipinski definition) is 4. The van der Waals surface area contributed by atoms with E-state index >= 15 is 0 Å². The summed E-state index contributed by atoms with van der Waals surface area (Å²) in [7, 11) is 0. The number of aliphatic hydroxyl groups excluding tert-OH is 1. The Morgan fingerprint density at radius 3 is 2.36 bits per heavy atom. The molecule has 0 saturated carbocycles. The first-order valence-corrected chi connectivity index (χ1v) is 8.40. The minimum absolute atomic E-state index is 0.0677. The van der Waals surface area contributed by atoms with Gasteiger partial charge in [-0.2, -0.15) is 0 Å². The first-order valence-electron chi connectivity index (χ1n) is 8.40. The molecule has 1 aromatic heterocycles. The molecule has 3 N–H and O–H groups in total. The van der Waals surface area contributed by atoms with Crippen molar-refractivity contribution in [1.82, 2.24) is 15.6 Å². The molecule has 1 atom stereocenters. The van der Waals surface area contributed by atoms with Gasteiger partial charge in [0, 0.05) is 6.54 Å². The summed E-state index contributed by atoms with van der Waals surface area (Å²) in [5, 5.41) is 15.5. The summed E-state index contributed by atoms with van der Waals surface area (Å²) in [6, 6.07) is 7.42. The SMILES string of the molecule is Cc1nc(CNC(=O)NCC(O)c2ccc(C(C)(C)C)cc2)oc1C. The molecule has 0 bridgehead atoms. The average molecular weight is 345 g/mol. The van der Waals surface area contributed by atoms with Gasteiger partial charge in [0.05, 0.1) is 18.3 Å². The number of aryl methyl sites for hydroxylation is 2. The summed E-state index contributed by atoms with van der Waals surface area (Å²) in [6.07, 6.45) is -0.758. The van der Waals surface area contributed by atoms with E-state index in [0.717, 1.165) is 17.0 Å². The summed E-state index contributed by atoms with van der Waals surface area (Å²) in [5.41, 5.74) is 2.85. The Balaban J connectivity index is 1.80. The fraction of sp³-hybridized carbons (Fsp3) is 0.474. The zero-order valence-electron chi connectivity index (χ0n) is 15.5. The molecule has 0 radical (unpaired) electrons. The van der Waals surface area contributed by atoms with Gasteiger partial charge in [-0.25, -0.2) is 9.78 Å². The Hall–Kier alpha value is -2.34. The predicted molar refractivity (Wildman–Crippen MR) is 96.3 cm³/mol. The van der Waals surface area contributed by atoms with E-state index in [-0.39, 0.29) is 24.5 Å². The highest BCUT2D eigenvalue weighted by molar-refractivity contribution is 5.73. The van der Waals surface area contributed by atoms with Gasteiger partial charge in [-0.05, 0) is 30.4 Å². The zero-order chi connectivity index (χ0) is 18.6. The summed E-state index contributed by atoms with van der Waals surface area (Å²) in [5.74, 6) is 1.20. The molecule has 0 fully saturated rings. The van der Waals surface area contributed by atoms with Crippen molar-refractivity contribution < 1.29 is 14.3 Å². The quantitative estimate of drug-likeness (QED) is 0.777. The number of urea groups is 1. The smallest absolute Gasteiger partial charge is 0.315 e. The topological polar surface area (TPSA) is 87.4 Å². The maximum Gasteiger partial charge on any atom is 0.315 e. The Bertz CT molecular complexity index is 695. The number of rotatable bonds is 5. The molecule has 136 valence electrons. The lowest BCUT2D eigenvalue weighted by Gasteiger charge is -2.20. The van der Waals surface area contributed by atoms with E-state index in [0.29, 0.717) is 5.89 Å². The van der Waals surface area contributed by atoms with E-state index < -0.39 is 6.10 Å². The Morgan fingerprint density at radius 1 is 1.20 bits per heavy atom. The van der Waals surface area contributed by atoms with Crippen LogP contribution in [0.15, 0.2) is 28.7 Å². The van der Waals surface area contributed by atoms with E-state index in [4.69, 9.17) is 4.42 Å². The van der Waals surface area contributed by atoms with Crippen LogP contribution in [0.5, 0.6) is 0 Å². The minimum atomic E-state index is -0.758. The number of carbonyl (C=O) groups excluding carboxylic acids is 1. The number of oxazole rings is 1. The van der Waals surface area contributed by atoms with Crippen molar-refractivity contribution in [3.63, 3.8) is 0 Å². The van der Waals surface area contributed by atoms with Crippen molar-refractivity contribution in [3.8, 4) is 0 Å². The lowest BCUT2D eigenvalue weighted by molar-refractivity contribution is 0.173. The van der Waals surface area contributed by atoms with Crippen LogP contribution in [0.4, 0.5) is 4.79 Å². The highest BCUT2D eigenvalue weighted by Crippen LogP contribution is 2.23. The van der Waals surface area contributed by atoms with Gasteiger partial charge < -0.3 is 20.2 Å². The summed E-state index contributed by atoms with van der Waals surface area (Å²) in [4.78, 5) is 16.0. The fourth-order valence-electron chi connectivity index (χ4n) is 2.35. The zero-order valence-corrected chi connectivity index (χ0v) is 15.5. The van der Waals surface area contributed by atoms with Crippen LogP contribution >= 0.6 is 0 Å². The molecule has 0 spiro atoms. The molecule has 25 heavy (non-hydrogen) atoms. The molecule has 6 nitrogen and oxygen atoms in total. The third-order valence-electron chi connectivity index (χ3n) is 4.09. The highest BCUT2D eigenvalue weighted by Gasteiger charge is 2.15. The van der Waals surface area contributed by atoms with Crippen molar-refractivity contribution in [3.05, 3.63) is 52.7 Å². The Labute approximate surface area is 148 Å². The van der Waals surface area contributed by atoms with Crippen LogP contribution in [-0.2, 0) is 12.0 Å². The van der Waals surface area contributed by atoms with Crippen molar-refractivity contribution in [2.24, 2.45) is 0 Å². The lowest BCUT2D eigenvalue weighted by Crippen LogP contribution is -2.37. The van der Waals surface area contributed by atoms with E-state index in [1.54, 1.807) is 0 Å². The van der Waals surface area contributed by atoms with Crippen LogP contribution in [0.2, 0.25) is 0 Å². The summed E-state index contributed by atoms with van der Waals surface area (Å²) >= 11 is 0. The molecule has 0 aliphatic carbocycles. The van der Waals surface area contributed by atoms with Crippen LogP contribution in [0.1, 0.15) is 55.3 Å². The van der Waals surface area contributed by atoms with Gasteiger partial charge in [-0.3, -0.25) is 0 Å². The van der Waals surface area contributed by atoms with Gasteiger partial charge in [0.25, 0.3) is 0 Å². The van der Waals surface area contributed by atoms with E-state index in [9.17, 15) is 9.90 Å². The van der Waals surface area contributed by atoms with Crippen molar-refractivity contribution in [2.75, 3.05) is 6.54 Å². The van der Waals surface area contributed by atoms with Crippen LogP contribution < -0.4 is 10.6 Å². The molecule has 0 aliphatic rings. The summed E-state index contributed by atoms with van der Waals surface area (Å²) < 4.78 is 5.40. The Morgan fingerprint density at radius 2 is 1.84 bits per heavy atom. The van der Waals surface area contributed by atoms with Crippen molar-refractivity contribution in [2.45, 2.75) is 52.7 Å². The molecule has 1 heterocycles. The summed E-state index contributed by atoms with van der Waals surface area (Å²) in [6.45, 7) is 10.4. The second-order valence-electron chi connectivity index (χ2n) is 7.20. The fourth-order valence-corrected chi connectivity index (χ4v) is 2.35. The number of nitrogens with zero attached hydrogens (tertiary/aromatic N) is 1. The number of amides is 2. The highest BCUT2D eigenvalue weighted by atomic mass is 16.4. The van der Waals surface area contributed by atoms with Gasteiger partial charge in [-0.1, -0.05) is 45.0 Å². The van der Waals surface area contributed by atoms with Crippen LogP contribution in [0.25, 0.3) is 0 Å². The number of aromatic nitrogens is 1.